The molecule has 1 aliphatic heterocycles. The van der Waals surface area contributed by atoms with Crippen molar-refractivity contribution in [2.45, 2.75) is 44.6 Å². The molecule has 0 radical (unpaired) electrons. The number of hydrogen-bond donors (Lipinski definition) is 2. The maximum absolute atomic E-state index is 12.8. The van der Waals surface area contributed by atoms with Gasteiger partial charge in [-0.05, 0) is 48.8 Å². The Morgan fingerprint density at radius 2 is 1.93 bits per heavy atom. The predicted molar refractivity (Wildman–Crippen MR) is 109 cm³/mol. The van der Waals surface area contributed by atoms with Crippen molar-refractivity contribution in [3.05, 3.63) is 46.7 Å². The van der Waals surface area contributed by atoms with Crippen molar-refractivity contribution in [1.82, 2.24) is 5.32 Å². The Bertz CT molecular complexity index is 800. The molecule has 2 aliphatic rings. The Kier molecular flexibility index (Phi) is 5.43. The van der Waals surface area contributed by atoms with Gasteiger partial charge in [-0.1, -0.05) is 31.0 Å². The summed E-state index contributed by atoms with van der Waals surface area (Å²) in [5.41, 5.74) is 1.46. The van der Waals surface area contributed by atoms with Gasteiger partial charge in [-0.15, -0.1) is 11.3 Å². The molecule has 1 aliphatic carbocycles. The summed E-state index contributed by atoms with van der Waals surface area (Å²) in [5, 5.41) is 8.24. The monoisotopic (exact) mass is 383 g/mol. The minimum atomic E-state index is -0.209. The first kappa shape index (κ1) is 18.0. The van der Waals surface area contributed by atoms with E-state index in [1.165, 1.54) is 17.7 Å². The quantitative estimate of drug-likeness (QED) is 0.769. The molecule has 2 fully saturated rings. The van der Waals surface area contributed by atoms with E-state index in [9.17, 15) is 9.59 Å². The molecule has 27 heavy (non-hydrogen) atoms. The Balaban J connectivity index is 1.49. The van der Waals surface area contributed by atoms with Crippen LogP contribution in [0.15, 0.2) is 41.8 Å². The lowest BCUT2D eigenvalue weighted by atomic mass is 9.97. The van der Waals surface area contributed by atoms with Gasteiger partial charge in [-0.25, -0.2) is 4.79 Å². The van der Waals surface area contributed by atoms with Gasteiger partial charge in [0.05, 0.1) is 17.4 Å². The summed E-state index contributed by atoms with van der Waals surface area (Å²) < 4.78 is 0. The maximum atomic E-state index is 12.8. The van der Waals surface area contributed by atoms with Gasteiger partial charge in [-0.3, -0.25) is 4.79 Å². The van der Waals surface area contributed by atoms with Crippen molar-refractivity contribution < 1.29 is 9.59 Å². The van der Waals surface area contributed by atoms with Gasteiger partial charge in [0.1, 0.15) is 0 Å². The van der Waals surface area contributed by atoms with Crippen molar-refractivity contribution in [3.8, 4) is 0 Å². The lowest BCUT2D eigenvalue weighted by Gasteiger charge is -2.25. The molecule has 0 unspecified atom stereocenters. The van der Waals surface area contributed by atoms with Crippen LogP contribution in [0.25, 0.3) is 0 Å². The van der Waals surface area contributed by atoms with Crippen LogP contribution in [-0.4, -0.2) is 18.5 Å². The van der Waals surface area contributed by atoms with E-state index >= 15 is 0 Å². The number of nitrogens with zero attached hydrogens (tertiary/aromatic N) is 1. The zero-order valence-electron chi connectivity index (χ0n) is 15.3. The van der Waals surface area contributed by atoms with Crippen molar-refractivity contribution in [3.63, 3.8) is 0 Å². The Labute approximate surface area is 163 Å². The molecule has 2 N–H and O–H groups in total. The van der Waals surface area contributed by atoms with Crippen LogP contribution in [0.2, 0.25) is 0 Å². The third kappa shape index (κ3) is 4.00. The number of nitrogens with one attached hydrogen (secondary N) is 2. The number of para-hydroxylation sites is 2. The first-order chi connectivity index (χ1) is 13.2. The van der Waals surface area contributed by atoms with Crippen LogP contribution in [0.1, 0.15) is 49.4 Å². The van der Waals surface area contributed by atoms with Crippen LogP contribution in [0, 0.1) is 5.92 Å². The molecule has 0 spiro atoms. The maximum Gasteiger partial charge on any atom is 0.319 e. The van der Waals surface area contributed by atoms with Crippen molar-refractivity contribution in [2.24, 2.45) is 5.92 Å². The summed E-state index contributed by atoms with van der Waals surface area (Å²) in [6, 6.07) is 11.5. The number of benzene rings is 1. The van der Waals surface area contributed by atoms with Gasteiger partial charge < -0.3 is 15.5 Å². The molecule has 1 aromatic heterocycles. The van der Waals surface area contributed by atoms with E-state index in [0.29, 0.717) is 24.6 Å². The molecular formula is C21H25N3O2S. The zero-order valence-corrected chi connectivity index (χ0v) is 16.1. The van der Waals surface area contributed by atoms with Crippen molar-refractivity contribution >= 4 is 34.6 Å². The largest absolute Gasteiger partial charge is 0.330 e. The lowest BCUT2D eigenvalue weighted by Crippen LogP contribution is -2.36. The van der Waals surface area contributed by atoms with E-state index in [1.807, 2.05) is 30.3 Å². The summed E-state index contributed by atoms with van der Waals surface area (Å²) in [5.74, 6) is 0.608. The lowest BCUT2D eigenvalue weighted by molar-refractivity contribution is -0.117. The van der Waals surface area contributed by atoms with Gasteiger partial charge in [-0.2, -0.15) is 0 Å². The zero-order chi connectivity index (χ0) is 18.6. The fourth-order valence-electron chi connectivity index (χ4n) is 4.20. The average Bonchev–Trinajstić information content (AvgIpc) is 3.43. The number of urea groups is 1. The fourth-order valence-corrected chi connectivity index (χ4v) is 5.07. The summed E-state index contributed by atoms with van der Waals surface area (Å²) in [4.78, 5) is 27.9. The average molecular weight is 384 g/mol. The second-order valence-electron chi connectivity index (χ2n) is 7.30. The van der Waals surface area contributed by atoms with E-state index in [-0.39, 0.29) is 18.0 Å². The molecule has 1 saturated heterocycles. The van der Waals surface area contributed by atoms with E-state index in [0.717, 1.165) is 24.9 Å². The molecule has 0 bridgehead atoms. The Hall–Kier alpha value is -2.34. The van der Waals surface area contributed by atoms with E-state index in [2.05, 4.69) is 22.1 Å². The number of carbonyl (C=O) groups excluding carboxylic acids is 2. The number of carbonyl (C=O) groups is 2. The molecule has 6 heteroatoms. The van der Waals surface area contributed by atoms with Crippen LogP contribution >= 0.6 is 11.3 Å². The molecule has 1 saturated carbocycles. The molecule has 142 valence electrons. The van der Waals surface area contributed by atoms with Crippen LogP contribution in [0.4, 0.5) is 16.2 Å². The van der Waals surface area contributed by atoms with Crippen molar-refractivity contribution in [1.29, 1.82) is 0 Å². The smallest absolute Gasteiger partial charge is 0.319 e. The van der Waals surface area contributed by atoms with Crippen LogP contribution in [0.3, 0.4) is 0 Å². The number of hydrogen-bond acceptors (Lipinski definition) is 3. The summed E-state index contributed by atoms with van der Waals surface area (Å²) in [6.45, 7) is 0.707. The predicted octanol–water partition coefficient (Wildman–Crippen LogP) is 4.93. The number of amides is 3. The molecular weight excluding hydrogens is 358 g/mol. The molecule has 4 rings (SSSR count). The second kappa shape index (κ2) is 8.13. The number of thiophene rings is 1. The first-order valence-corrected chi connectivity index (χ1v) is 10.6. The molecule has 1 aromatic carbocycles. The molecule has 3 amide bonds. The fraction of sp³-hybridized carbons (Fsp3) is 0.429. The second-order valence-corrected chi connectivity index (χ2v) is 8.28. The number of rotatable bonds is 5. The third-order valence-electron chi connectivity index (χ3n) is 5.52. The normalized spacial score (nSPS) is 18.7. The van der Waals surface area contributed by atoms with Gasteiger partial charge in [0.25, 0.3) is 0 Å². The van der Waals surface area contributed by atoms with E-state index < -0.39 is 0 Å². The minimum Gasteiger partial charge on any atom is -0.330 e. The standard InChI is InChI=1S/C21H25N3O2S/c25-19-12-5-13-24(19)17-10-4-3-9-16(17)22-21(26)23-20(15-7-1-2-8-15)18-11-6-14-27-18/h3-4,6,9-11,14-15,20H,1-2,5,7-8,12-13H2,(H2,22,23,26)/t20-/m1/s1. The molecule has 2 heterocycles. The minimum absolute atomic E-state index is 0.0491. The SMILES string of the molecule is O=C(Nc1ccccc1N1CCCC1=O)N[C@@H](c1cccs1)C1CCCC1. The summed E-state index contributed by atoms with van der Waals surface area (Å²) in [7, 11) is 0. The number of anilines is 2. The Morgan fingerprint density at radius 1 is 1.11 bits per heavy atom. The topological polar surface area (TPSA) is 61.4 Å². The summed E-state index contributed by atoms with van der Waals surface area (Å²) in [6.07, 6.45) is 6.21. The highest BCUT2D eigenvalue weighted by molar-refractivity contribution is 7.10. The van der Waals surface area contributed by atoms with E-state index in [4.69, 9.17) is 0 Å². The van der Waals surface area contributed by atoms with Gasteiger partial charge in [0.15, 0.2) is 0 Å². The third-order valence-corrected chi connectivity index (χ3v) is 6.48. The van der Waals surface area contributed by atoms with Gasteiger partial charge in [0, 0.05) is 17.8 Å². The van der Waals surface area contributed by atoms with Gasteiger partial charge >= 0.3 is 6.03 Å². The molecule has 5 nitrogen and oxygen atoms in total. The van der Waals surface area contributed by atoms with Crippen LogP contribution in [-0.2, 0) is 4.79 Å². The van der Waals surface area contributed by atoms with Gasteiger partial charge in [0.2, 0.25) is 5.91 Å². The van der Waals surface area contributed by atoms with Crippen molar-refractivity contribution in [2.75, 3.05) is 16.8 Å². The van der Waals surface area contributed by atoms with Crippen LogP contribution < -0.4 is 15.5 Å². The van der Waals surface area contributed by atoms with Crippen LogP contribution in [0.5, 0.6) is 0 Å². The Morgan fingerprint density at radius 3 is 2.63 bits per heavy atom. The highest BCUT2D eigenvalue weighted by atomic mass is 32.1. The molecule has 2 aromatic rings. The van der Waals surface area contributed by atoms with E-state index in [1.54, 1.807) is 16.2 Å². The first-order valence-electron chi connectivity index (χ1n) is 9.72. The highest BCUT2D eigenvalue weighted by Gasteiger charge is 2.29. The molecule has 1 atom stereocenters. The highest BCUT2D eigenvalue weighted by Crippen LogP contribution is 2.37. The summed E-state index contributed by atoms with van der Waals surface area (Å²) >= 11 is 1.69.